The Hall–Kier alpha value is -1.78. The molecule has 0 bridgehead atoms. The summed E-state index contributed by atoms with van der Waals surface area (Å²) in [5, 5.41) is 18.5. The molecule has 17 heavy (non-hydrogen) atoms. The Morgan fingerprint density at radius 3 is 2.53 bits per heavy atom. The lowest BCUT2D eigenvalue weighted by molar-refractivity contribution is 0.132. The van der Waals surface area contributed by atoms with Gasteiger partial charge in [0.05, 0.1) is 0 Å². The lowest BCUT2D eigenvalue weighted by Gasteiger charge is -2.30. The van der Waals surface area contributed by atoms with E-state index in [4.69, 9.17) is 5.11 Å². The molecule has 2 rings (SSSR count). The van der Waals surface area contributed by atoms with E-state index in [9.17, 15) is 14.3 Å². The normalized spacial score (nSPS) is 17.1. The second kappa shape index (κ2) is 4.61. The molecular weight excluding hydrogens is 225 g/mol. The van der Waals surface area contributed by atoms with E-state index in [0.29, 0.717) is 31.5 Å². The minimum absolute atomic E-state index is 0.0428. The Bertz CT molecular complexity index is 428. The average molecular weight is 239 g/mol. The number of phenolic OH excluding ortho intramolecular Hbond substituents is 1. The molecular formula is C12H14FNO3. The predicted molar refractivity (Wildman–Crippen MR) is 59.6 cm³/mol. The van der Waals surface area contributed by atoms with Crippen LogP contribution in [-0.2, 0) is 0 Å². The molecule has 0 aromatic heterocycles. The first-order chi connectivity index (χ1) is 8.08. The average Bonchev–Trinajstić information content (AvgIpc) is 2.29. The van der Waals surface area contributed by atoms with Crippen molar-refractivity contribution in [3.05, 3.63) is 29.6 Å². The number of carboxylic acid groups (broad SMARTS) is 1. The Morgan fingerprint density at radius 2 is 2.00 bits per heavy atom. The molecule has 92 valence electrons. The quantitative estimate of drug-likeness (QED) is 0.791. The van der Waals surface area contributed by atoms with Crippen molar-refractivity contribution in [3.8, 4) is 5.75 Å². The van der Waals surface area contributed by atoms with Crippen LogP contribution in [0.1, 0.15) is 24.3 Å². The maximum atomic E-state index is 12.8. The van der Waals surface area contributed by atoms with Gasteiger partial charge in [0, 0.05) is 19.2 Å². The Balaban J connectivity index is 2.08. The second-order valence-corrected chi connectivity index (χ2v) is 4.25. The van der Waals surface area contributed by atoms with Crippen LogP contribution < -0.4 is 0 Å². The summed E-state index contributed by atoms with van der Waals surface area (Å²) in [4.78, 5) is 12.1. The number of phenols is 1. The summed E-state index contributed by atoms with van der Waals surface area (Å²) in [6, 6.07) is 3.99. The topological polar surface area (TPSA) is 60.8 Å². The van der Waals surface area contributed by atoms with Gasteiger partial charge in [-0.1, -0.05) is 6.07 Å². The molecule has 0 atom stereocenters. The predicted octanol–water partition coefficient (Wildman–Crippen LogP) is 2.39. The SMILES string of the molecule is O=C(O)N1CCC(c2ccc(F)cc2O)CC1. The van der Waals surface area contributed by atoms with Crippen molar-refractivity contribution < 1.29 is 19.4 Å². The second-order valence-electron chi connectivity index (χ2n) is 4.25. The van der Waals surface area contributed by atoms with Crippen LogP contribution in [0.2, 0.25) is 0 Å². The van der Waals surface area contributed by atoms with Crippen molar-refractivity contribution in [3.63, 3.8) is 0 Å². The highest BCUT2D eigenvalue weighted by atomic mass is 19.1. The number of halogens is 1. The van der Waals surface area contributed by atoms with Gasteiger partial charge in [-0.15, -0.1) is 0 Å². The summed E-state index contributed by atoms with van der Waals surface area (Å²) in [7, 11) is 0. The molecule has 0 radical (unpaired) electrons. The number of hydrogen-bond donors (Lipinski definition) is 2. The summed E-state index contributed by atoms with van der Waals surface area (Å²) in [6.45, 7) is 0.910. The number of rotatable bonds is 1. The minimum Gasteiger partial charge on any atom is -0.508 e. The first kappa shape index (κ1) is 11.7. The number of nitrogens with zero attached hydrogens (tertiary/aromatic N) is 1. The van der Waals surface area contributed by atoms with Gasteiger partial charge in [0.1, 0.15) is 11.6 Å². The smallest absolute Gasteiger partial charge is 0.407 e. The molecule has 1 saturated heterocycles. The highest BCUT2D eigenvalue weighted by Gasteiger charge is 2.24. The monoisotopic (exact) mass is 239 g/mol. The first-order valence-corrected chi connectivity index (χ1v) is 5.54. The van der Waals surface area contributed by atoms with Gasteiger partial charge in [-0.2, -0.15) is 0 Å². The molecule has 5 heteroatoms. The molecule has 2 N–H and O–H groups in total. The van der Waals surface area contributed by atoms with E-state index in [2.05, 4.69) is 0 Å². The van der Waals surface area contributed by atoms with E-state index >= 15 is 0 Å². The van der Waals surface area contributed by atoms with Gasteiger partial charge in [0.15, 0.2) is 0 Å². The lowest BCUT2D eigenvalue weighted by atomic mass is 9.89. The van der Waals surface area contributed by atoms with Crippen LogP contribution in [0, 0.1) is 5.82 Å². The van der Waals surface area contributed by atoms with E-state index in [1.165, 1.54) is 11.0 Å². The number of likely N-dealkylation sites (tertiary alicyclic amines) is 1. The van der Waals surface area contributed by atoms with Crippen molar-refractivity contribution in [2.24, 2.45) is 0 Å². The zero-order valence-corrected chi connectivity index (χ0v) is 9.27. The number of aromatic hydroxyl groups is 1. The summed E-state index contributed by atoms with van der Waals surface area (Å²) < 4.78 is 12.8. The Kier molecular flexibility index (Phi) is 3.17. The van der Waals surface area contributed by atoms with Crippen molar-refractivity contribution in [2.75, 3.05) is 13.1 Å². The van der Waals surface area contributed by atoms with Crippen molar-refractivity contribution >= 4 is 6.09 Å². The fraction of sp³-hybridized carbons (Fsp3) is 0.417. The molecule has 1 aliphatic heterocycles. The van der Waals surface area contributed by atoms with E-state index in [-0.39, 0.29) is 11.7 Å². The van der Waals surface area contributed by atoms with E-state index < -0.39 is 11.9 Å². The molecule has 1 heterocycles. The Labute approximate surface area is 98.3 Å². The molecule has 0 aliphatic carbocycles. The van der Waals surface area contributed by atoms with E-state index in [1.807, 2.05) is 0 Å². The zero-order valence-electron chi connectivity index (χ0n) is 9.27. The third kappa shape index (κ3) is 2.49. The van der Waals surface area contributed by atoms with Crippen LogP contribution in [0.4, 0.5) is 9.18 Å². The van der Waals surface area contributed by atoms with Gasteiger partial charge in [0.2, 0.25) is 0 Å². The number of amides is 1. The van der Waals surface area contributed by atoms with Gasteiger partial charge in [-0.3, -0.25) is 0 Å². The van der Waals surface area contributed by atoms with Crippen LogP contribution in [0.5, 0.6) is 5.75 Å². The third-order valence-electron chi connectivity index (χ3n) is 3.20. The molecule has 1 aliphatic rings. The molecule has 1 fully saturated rings. The molecule has 1 amide bonds. The standard InChI is InChI=1S/C12H14FNO3/c13-9-1-2-10(11(15)7-9)8-3-5-14(6-4-8)12(16)17/h1-2,7-8,15H,3-6H2,(H,16,17). The number of benzene rings is 1. The number of hydrogen-bond acceptors (Lipinski definition) is 2. The highest BCUT2D eigenvalue weighted by Crippen LogP contribution is 2.33. The summed E-state index contributed by atoms with van der Waals surface area (Å²) in [5.74, 6) is -0.404. The van der Waals surface area contributed by atoms with Crippen LogP contribution in [0.3, 0.4) is 0 Å². The summed E-state index contributed by atoms with van der Waals surface area (Å²) in [5.41, 5.74) is 0.705. The van der Waals surface area contributed by atoms with Gasteiger partial charge in [-0.25, -0.2) is 9.18 Å². The molecule has 1 aromatic rings. The van der Waals surface area contributed by atoms with Gasteiger partial charge in [0.25, 0.3) is 0 Å². The molecule has 1 aromatic carbocycles. The van der Waals surface area contributed by atoms with Crippen molar-refractivity contribution in [2.45, 2.75) is 18.8 Å². The molecule has 0 saturated carbocycles. The van der Waals surface area contributed by atoms with E-state index in [0.717, 1.165) is 6.07 Å². The van der Waals surface area contributed by atoms with Crippen LogP contribution in [0.25, 0.3) is 0 Å². The van der Waals surface area contributed by atoms with Gasteiger partial charge in [-0.05, 0) is 30.4 Å². The van der Waals surface area contributed by atoms with Crippen LogP contribution in [0.15, 0.2) is 18.2 Å². The molecule has 4 nitrogen and oxygen atoms in total. The fourth-order valence-corrected chi connectivity index (χ4v) is 2.24. The van der Waals surface area contributed by atoms with Crippen molar-refractivity contribution in [1.82, 2.24) is 4.90 Å². The van der Waals surface area contributed by atoms with Crippen molar-refractivity contribution in [1.29, 1.82) is 0 Å². The number of carbonyl (C=O) groups is 1. The van der Waals surface area contributed by atoms with Gasteiger partial charge >= 0.3 is 6.09 Å². The minimum atomic E-state index is -0.910. The largest absolute Gasteiger partial charge is 0.508 e. The van der Waals surface area contributed by atoms with Crippen LogP contribution in [-0.4, -0.2) is 34.3 Å². The third-order valence-corrected chi connectivity index (χ3v) is 3.20. The Morgan fingerprint density at radius 1 is 1.35 bits per heavy atom. The van der Waals surface area contributed by atoms with Crippen LogP contribution >= 0.6 is 0 Å². The maximum Gasteiger partial charge on any atom is 0.407 e. The first-order valence-electron chi connectivity index (χ1n) is 5.54. The highest BCUT2D eigenvalue weighted by molar-refractivity contribution is 5.65. The summed E-state index contributed by atoms with van der Waals surface area (Å²) in [6.07, 6.45) is 0.406. The lowest BCUT2D eigenvalue weighted by Crippen LogP contribution is -2.36. The van der Waals surface area contributed by atoms with E-state index in [1.54, 1.807) is 6.07 Å². The number of piperidine rings is 1. The fourth-order valence-electron chi connectivity index (χ4n) is 2.24. The van der Waals surface area contributed by atoms with Gasteiger partial charge < -0.3 is 15.1 Å². The molecule has 0 spiro atoms. The summed E-state index contributed by atoms with van der Waals surface area (Å²) >= 11 is 0. The maximum absolute atomic E-state index is 12.8. The zero-order chi connectivity index (χ0) is 12.4. The molecule has 0 unspecified atom stereocenters.